The molecule has 0 fully saturated rings. The Labute approximate surface area is 90.5 Å². The molecular formula is C9H9N5O2. The first-order chi connectivity index (χ1) is 7.59. The van der Waals surface area contributed by atoms with Crippen molar-refractivity contribution in [3.8, 4) is 5.69 Å². The highest BCUT2D eigenvalue weighted by atomic mass is 16.4. The second-order valence-electron chi connectivity index (χ2n) is 3.22. The van der Waals surface area contributed by atoms with Crippen LogP contribution in [0.1, 0.15) is 16.2 Å². The van der Waals surface area contributed by atoms with Crippen LogP contribution in [0.25, 0.3) is 5.69 Å². The summed E-state index contributed by atoms with van der Waals surface area (Å²) in [5.41, 5.74) is 6.37. The van der Waals surface area contributed by atoms with Gasteiger partial charge in [-0.3, -0.25) is 0 Å². The number of tetrazole rings is 1. The van der Waals surface area contributed by atoms with E-state index in [1.54, 1.807) is 19.1 Å². The molecular weight excluding hydrogens is 210 g/mol. The van der Waals surface area contributed by atoms with Crippen LogP contribution in [0.3, 0.4) is 0 Å². The second kappa shape index (κ2) is 3.61. The van der Waals surface area contributed by atoms with Gasteiger partial charge in [0.25, 0.3) is 0 Å². The lowest BCUT2D eigenvalue weighted by Gasteiger charge is -2.06. The lowest BCUT2D eigenvalue weighted by atomic mass is 10.1. The van der Waals surface area contributed by atoms with E-state index in [1.165, 1.54) is 10.7 Å². The monoisotopic (exact) mass is 219 g/mol. The van der Waals surface area contributed by atoms with Gasteiger partial charge in [-0.2, -0.15) is 4.68 Å². The van der Waals surface area contributed by atoms with Gasteiger partial charge in [0.2, 0.25) is 0 Å². The van der Waals surface area contributed by atoms with Crippen molar-refractivity contribution in [2.24, 2.45) is 0 Å². The fourth-order valence-electron chi connectivity index (χ4n) is 1.36. The van der Waals surface area contributed by atoms with Crippen LogP contribution in [0, 0.1) is 6.92 Å². The predicted octanol–water partition coefficient (Wildman–Crippen LogP) is 0.251. The van der Waals surface area contributed by atoms with Crippen molar-refractivity contribution in [3.63, 3.8) is 0 Å². The Kier molecular flexibility index (Phi) is 2.28. The summed E-state index contributed by atoms with van der Waals surface area (Å²) in [6.07, 6.45) is 0. The van der Waals surface area contributed by atoms with E-state index in [0.717, 1.165) is 0 Å². The third-order valence-corrected chi connectivity index (χ3v) is 2.10. The molecule has 1 aromatic heterocycles. The number of aromatic nitrogens is 4. The third-order valence-electron chi connectivity index (χ3n) is 2.10. The van der Waals surface area contributed by atoms with Crippen LogP contribution in [-0.2, 0) is 0 Å². The van der Waals surface area contributed by atoms with Crippen molar-refractivity contribution in [2.45, 2.75) is 6.92 Å². The molecule has 0 unspecified atom stereocenters. The number of carboxylic acid groups (broad SMARTS) is 1. The van der Waals surface area contributed by atoms with Gasteiger partial charge in [0.1, 0.15) is 0 Å². The number of carbonyl (C=O) groups is 1. The third kappa shape index (κ3) is 1.58. The van der Waals surface area contributed by atoms with Crippen LogP contribution in [0.15, 0.2) is 18.2 Å². The second-order valence-corrected chi connectivity index (χ2v) is 3.22. The van der Waals surface area contributed by atoms with E-state index in [1.807, 2.05) is 0 Å². The summed E-state index contributed by atoms with van der Waals surface area (Å²) >= 11 is 0. The minimum Gasteiger partial charge on any atom is -0.478 e. The van der Waals surface area contributed by atoms with Gasteiger partial charge in [0.15, 0.2) is 5.82 Å². The number of benzene rings is 1. The standard InChI is InChI=1S/C9H9N5O2/c1-5-11-12-13-14(5)8-3-2-6(10)4-7(8)9(15)16/h2-4H,10H2,1H3,(H,15,16). The predicted molar refractivity (Wildman–Crippen MR) is 55.3 cm³/mol. The average Bonchev–Trinajstić information content (AvgIpc) is 2.64. The van der Waals surface area contributed by atoms with Gasteiger partial charge in [0, 0.05) is 5.69 Å². The van der Waals surface area contributed by atoms with E-state index < -0.39 is 5.97 Å². The normalized spacial score (nSPS) is 10.3. The van der Waals surface area contributed by atoms with Crippen LogP contribution in [0.4, 0.5) is 5.69 Å². The van der Waals surface area contributed by atoms with E-state index >= 15 is 0 Å². The zero-order valence-corrected chi connectivity index (χ0v) is 8.45. The van der Waals surface area contributed by atoms with Crippen LogP contribution >= 0.6 is 0 Å². The first kappa shape index (κ1) is 10.1. The Bertz CT molecular complexity index is 549. The van der Waals surface area contributed by atoms with Crippen LogP contribution in [0.2, 0.25) is 0 Å². The number of hydrogen-bond acceptors (Lipinski definition) is 5. The molecule has 0 atom stereocenters. The zero-order valence-electron chi connectivity index (χ0n) is 8.45. The summed E-state index contributed by atoms with van der Waals surface area (Å²) in [4.78, 5) is 11.0. The van der Waals surface area contributed by atoms with Gasteiger partial charge in [-0.15, -0.1) is 5.10 Å². The van der Waals surface area contributed by atoms with E-state index in [4.69, 9.17) is 10.8 Å². The molecule has 1 heterocycles. The van der Waals surface area contributed by atoms with Crippen molar-refractivity contribution in [1.29, 1.82) is 0 Å². The number of nitrogen functional groups attached to an aromatic ring is 1. The smallest absolute Gasteiger partial charge is 0.337 e. The molecule has 0 bridgehead atoms. The Morgan fingerprint density at radius 1 is 1.50 bits per heavy atom. The Balaban J connectivity index is 2.65. The Hall–Kier alpha value is -2.44. The van der Waals surface area contributed by atoms with Crippen LogP contribution < -0.4 is 5.73 Å². The SMILES string of the molecule is Cc1nnnn1-c1ccc(N)cc1C(=O)O. The number of rotatable bonds is 2. The van der Waals surface area contributed by atoms with Gasteiger partial charge in [-0.25, -0.2) is 4.79 Å². The number of nitrogens with two attached hydrogens (primary N) is 1. The number of aromatic carboxylic acids is 1. The summed E-state index contributed by atoms with van der Waals surface area (Å²) < 4.78 is 1.35. The highest BCUT2D eigenvalue weighted by molar-refractivity contribution is 5.93. The molecule has 7 nitrogen and oxygen atoms in total. The van der Waals surface area contributed by atoms with Crippen LogP contribution in [-0.4, -0.2) is 31.3 Å². The van der Waals surface area contributed by atoms with Crippen molar-refractivity contribution < 1.29 is 9.90 Å². The molecule has 2 aromatic rings. The van der Waals surface area contributed by atoms with E-state index in [9.17, 15) is 4.79 Å². The highest BCUT2D eigenvalue weighted by Crippen LogP contribution is 2.17. The van der Waals surface area contributed by atoms with Crippen LogP contribution in [0.5, 0.6) is 0 Å². The van der Waals surface area contributed by atoms with Crippen molar-refractivity contribution in [1.82, 2.24) is 20.2 Å². The first-order valence-electron chi connectivity index (χ1n) is 4.48. The molecule has 0 radical (unpaired) electrons. The van der Waals surface area contributed by atoms with Gasteiger partial charge in [0.05, 0.1) is 11.3 Å². The molecule has 1 aromatic carbocycles. The summed E-state index contributed by atoms with van der Waals surface area (Å²) in [6, 6.07) is 4.55. The molecule has 3 N–H and O–H groups in total. The number of hydrogen-bond donors (Lipinski definition) is 2. The minimum atomic E-state index is -1.07. The Morgan fingerprint density at radius 3 is 2.81 bits per heavy atom. The molecule has 0 saturated carbocycles. The van der Waals surface area contributed by atoms with Crippen molar-refractivity contribution in [2.75, 3.05) is 5.73 Å². The number of aryl methyl sites for hydroxylation is 1. The number of nitrogens with zero attached hydrogens (tertiary/aromatic N) is 4. The first-order valence-corrected chi connectivity index (χ1v) is 4.48. The maximum absolute atomic E-state index is 11.0. The largest absolute Gasteiger partial charge is 0.478 e. The molecule has 0 saturated heterocycles. The summed E-state index contributed by atoms with van der Waals surface area (Å²) in [5, 5.41) is 19.9. The molecule has 0 spiro atoms. The Morgan fingerprint density at radius 2 is 2.25 bits per heavy atom. The van der Waals surface area contributed by atoms with Crippen molar-refractivity contribution >= 4 is 11.7 Å². The summed E-state index contributed by atoms with van der Waals surface area (Å²) in [7, 11) is 0. The molecule has 0 aliphatic rings. The van der Waals surface area contributed by atoms with Gasteiger partial charge in [-0.05, 0) is 35.5 Å². The lowest BCUT2D eigenvalue weighted by Crippen LogP contribution is -2.08. The molecule has 0 aliphatic carbocycles. The quantitative estimate of drug-likeness (QED) is 0.701. The maximum atomic E-state index is 11.0. The fourth-order valence-corrected chi connectivity index (χ4v) is 1.36. The molecule has 0 amide bonds. The lowest BCUT2D eigenvalue weighted by molar-refractivity contribution is 0.0697. The molecule has 2 rings (SSSR count). The highest BCUT2D eigenvalue weighted by Gasteiger charge is 2.14. The van der Waals surface area contributed by atoms with E-state index in [-0.39, 0.29) is 5.56 Å². The summed E-state index contributed by atoms with van der Waals surface area (Å²) in [6.45, 7) is 1.68. The van der Waals surface area contributed by atoms with Gasteiger partial charge < -0.3 is 10.8 Å². The van der Waals surface area contributed by atoms with Crippen molar-refractivity contribution in [3.05, 3.63) is 29.6 Å². The number of anilines is 1. The fraction of sp³-hybridized carbons (Fsp3) is 0.111. The topological polar surface area (TPSA) is 107 Å². The van der Waals surface area contributed by atoms with E-state index in [2.05, 4.69) is 15.5 Å². The van der Waals surface area contributed by atoms with E-state index in [0.29, 0.717) is 17.2 Å². The maximum Gasteiger partial charge on any atom is 0.337 e. The van der Waals surface area contributed by atoms with Gasteiger partial charge >= 0.3 is 5.97 Å². The van der Waals surface area contributed by atoms with Gasteiger partial charge in [-0.1, -0.05) is 0 Å². The molecule has 7 heteroatoms. The summed E-state index contributed by atoms with van der Waals surface area (Å²) in [5.74, 6) is -0.565. The molecule has 0 aliphatic heterocycles. The zero-order chi connectivity index (χ0) is 11.7. The molecule has 82 valence electrons. The average molecular weight is 219 g/mol. The molecule has 16 heavy (non-hydrogen) atoms. The number of carboxylic acids is 1. The minimum absolute atomic E-state index is 0.0652.